The van der Waals surface area contributed by atoms with E-state index < -0.39 is 41.7 Å². The highest BCUT2D eigenvalue weighted by molar-refractivity contribution is 5.96. The minimum absolute atomic E-state index is 0.186. The number of rotatable bonds is 8. The van der Waals surface area contributed by atoms with Crippen LogP contribution in [0.5, 0.6) is 0 Å². The molecule has 3 atom stereocenters. The quantitative estimate of drug-likeness (QED) is 0.342. The molecule has 0 spiro atoms. The van der Waals surface area contributed by atoms with E-state index >= 15 is 0 Å². The molecular weight excluding hydrogens is 486 g/mol. The summed E-state index contributed by atoms with van der Waals surface area (Å²) in [5, 5.41) is 0.805. The lowest BCUT2D eigenvalue weighted by molar-refractivity contribution is -0.123. The highest BCUT2D eigenvalue weighted by atomic mass is 16.6. The lowest BCUT2D eigenvalue weighted by Gasteiger charge is -2.33. The van der Waals surface area contributed by atoms with Crippen LogP contribution in [0.15, 0.2) is 60.7 Å². The van der Waals surface area contributed by atoms with Crippen molar-refractivity contribution in [2.75, 3.05) is 20.3 Å². The maximum Gasteiger partial charge on any atom is 0.412 e. The molecule has 1 unspecified atom stereocenters. The number of ether oxygens (including phenoxy) is 3. The Morgan fingerprint density at radius 3 is 2.34 bits per heavy atom. The molecule has 1 fully saturated rings. The number of aromatic nitrogens is 1. The number of nitrogens with two attached hydrogens (primary N) is 1. The van der Waals surface area contributed by atoms with Gasteiger partial charge < -0.3 is 24.5 Å². The zero-order valence-electron chi connectivity index (χ0n) is 22.3. The van der Waals surface area contributed by atoms with Gasteiger partial charge in [-0.1, -0.05) is 48.5 Å². The molecule has 2 heterocycles. The zero-order valence-corrected chi connectivity index (χ0v) is 22.3. The summed E-state index contributed by atoms with van der Waals surface area (Å²) >= 11 is 0. The third kappa shape index (κ3) is 5.67. The monoisotopic (exact) mass is 521 g/mol. The summed E-state index contributed by atoms with van der Waals surface area (Å²) in [5.74, 6) is -1.58. The van der Waals surface area contributed by atoms with E-state index in [0.29, 0.717) is 19.4 Å². The fraction of sp³-hybridized carbons (Fsp3) is 0.414. The summed E-state index contributed by atoms with van der Waals surface area (Å²) in [6.45, 7) is 5.93. The van der Waals surface area contributed by atoms with E-state index in [2.05, 4.69) is 0 Å². The van der Waals surface area contributed by atoms with Gasteiger partial charge in [-0.3, -0.25) is 9.69 Å². The van der Waals surface area contributed by atoms with Crippen molar-refractivity contribution >= 4 is 28.9 Å². The summed E-state index contributed by atoms with van der Waals surface area (Å²) in [6.07, 6.45) is -0.509. The van der Waals surface area contributed by atoms with Crippen LogP contribution in [0.25, 0.3) is 10.9 Å². The number of esters is 1. The van der Waals surface area contributed by atoms with Crippen molar-refractivity contribution in [2.45, 2.75) is 57.3 Å². The Bertz CT molecular complexity index is 1300. The molecule has 4 rings (SSSR count). The van der Waals surface area contributed by atoms with Gasteiger partial charge in [0.2, 0.25) is 5.91 Å². The molecule has 2 aromatic carbocycles. The van der Waals surface area contributed by atoms with Crippen LogP contribution in [0.1, 0.15) is 61.7 Å². The number of benzene rings is 2. The second-order valence-electron chi connectivity index (χ2n) is 10.4. The van der Waals surface area contributed by atoms with Crippen molar-refractivity contribution in [1.82, 2.24) is 9.47 Å². The summed E-state index contributed by atoms with van der Waals surface area (Å²) in [7, 11) is 1.59. The number of likely N-dealkylation sites (tertiary alicyclic amines) is 1. The van der Waals surface area contributed by atoms with E-state index in [1.807, 2.05) is 54.6 Å². The van der Waals surface area contributed by atoms with Gasteiger partial charge in [0.15, 0.2) is 0 Å². The van der Waals surface area contributed by atoms with Crippen molar-refractivity contribution in [2.24, 2.45) is 5.73 Å². The first-order valence-corrected chi connectivity index (χ1v) is 12.7. The van der Waals surface area contributed by atoms with Gasteiger partial charge in [0, 0.05) is 31.4 Å². The Hall–Kier alpha value is -3.85. The molecule has 1 aliphatic rings. The van der Waals surface area contributed by atoms with Gasteiger partial charge in [-0.2, -0.15) is 0 Å². The predicted octanol–water partition coefficient (Wildman–Crippen LogP) is 4.61. The normalized spacial score (nSPS) is 19.5. The predicted molar refractivity (Wildman–Crippen MR) is 143 cm³/mol. The second-order valence-corrected chi connectivity index (χ2v) is 10.4. The SMILES string of the molecule is COCCCOC(=O)c1cc2ccccc2n1C1C[C@@H](c2ccccc2)[C@@H](C(N)=O)N1C(=O)OC(C)(C)C. The van der Waals surface area contributed by atoms with E-state index in [4.69, 9.17) is 19.9 Å². The number of methoxy groups -OCH3 is 1. The number of fused-ring (bicyclic) bond motifs is 1. The minimum Gasteiger partial charge on any atom is -0.461 e. The molecule has 9 heteroatoms. The third-order valence-corrected chi connectivity index (χ3v) is 6.57. The number of nitrogens with zero attached hydrogens (tertiary/aromatic N) is 2. The van der Waals surface area contributed by atoms with Crippen LogP contribution in [-0.2, 0) is 19.0 Å². The van der Waals surface area contributed by atoms with Crippen molar-refractivity contribution in [3.8, 4) is 0 Å². The van der Waals surface area contributed by atoms with Crippen LogP contribution in [-0.4, -0.2) is 59.4 Å². The molecular formula is C29H35N3O6. The molecule has 202 valence electrons. The Balaban J connectivity index is 1.85. The lowest BCUT2D eigenvalue weighted by atomic mass is 9.91. The summed E-state index contributed by atoms with van der Waals surface area (Å²) < 4.78 is 18.1. The molecule has 0 saturated carbocycles. The van der Waals surface area contributed by atoms with Crippen LogP contribution in [0.2, 0.25) is 0 Å². The second kappa shape index (κ2) is 11.3. The number of hydrogen-bond donors (Lipinski definition) is 1. The van der Waals surface area contributed by atoms with Crippen molar-refractivity contribution < 1.29 is 28.6 Å². The maximum atomic E-state index is 13.7. The van der Waals surface area contributed by atoms with Gasteiger partial charge in [-0.25, -0.2) is 9.59 Å². The zero-order chi connectivity index (χ0) is 27.4. The molecule has 38 heavy (non-hydrogen) atoms. The Morgan fingerprint density at radius 2 is 1.68 bits per heavy atom. The van der Waals surface area contributed by atoms with Crippen LogP contribution >= 0.6 is 0 Å². The van der Waals surface area contributed by atoms with Crippen molar-refractivity contribution in [3.05, 3.63) is 71.9 Å². The third-order valence-electron chi connectivity index (χ3n) is 6.57. The Morgan fingerprint density at radius 1 is 1.00 bits per heavy atom. The highest BCUT2D eigenvalue weighted by Crippen LogP contribution is 2.45. The Labute approximate surface area is 222 Å². The van der Waals surface area contributed by atoms with Crippen LogP contribution in [0, 0.1) is 0 Å². The van der Waals surface area contributed by atoms with Gasteiger partial charge in [0.1, 0.15) is 23.5 Å². The first-order chi connectivity index (χ1) is 18.1. The average Bonchev–Trinajstić information content (AvgIpc) is 3.45. The molecule has 2 N–H and O–H groups in total. The molecule has 1 aliphatic heterocycles. The van der Waals surface area contributed by atoms with Gasteiger partial charge in [0.25, 0.3) is 0 Å². The van der Waals surface area contributed by atoms with E-state index in [9.17, 15) is 14.4 Å². The van der Waals surface area contributed by atoms with Gasteiger partial charge in [-0.05, 0) is 44.9 Å². The summed E-state index contributed by atoms with van der Waals surface area (Å²) in [6, 6.07) is 17.7. The topological polar surface area (TPSA) is 113 Å². The number of carbonyl (C=O) groups excluding carboxylic acids is 3. The lowest BCUT2D eigenvalue weighted by Crippen LogP contribution is -2.49. The fourth-order valence-corrected chi connectivity index (χ4v) is 5.08. The number of hydrogen-bond acceptors (Lipinski definition) is 6. The molecule has 1 aromatic heterocycles. The van der Waals surface area contributed by atoms with Crippen molar-refractivity contribution in [1.29, 1.82) is 0 Å². The minimum atomic E-state index is -0.982. The fourth-order valence-electron chi connectivity index (χ4n) is 5.08. The Kier molecular flexibility index (Phi) is 8.06. The smallest absolute Gasteiger partial charge is 0.412 e. The first kappa shape index (κ1) is 27.2. The molecule has 9 nitrogen and oxygen atoms in total. The molecule has 3 aromatic rings. The standard InChI is InChI=1S/C29H35N3O6/c1-29(2,3)38-28(35)32-24(18-21(25(32)26(30)33)19-11-6-5-7-12-19)31-22-14-9-8-13-20(22)17-23(31)27(34)37-16-10-15-36-4/h5-9,11-14,17,21,24-25H,10,15-16,18H2,1-4H3,(H2,30,33)/t21-,24?,25-/m0/s1. The molecule has 0 bridgehead atoms. The maximum absolute atomic E-state index is 13.7. The largest absolute Gasteiger partial charge is 0.461 e. The van der Waals surface area contributed by atoms with E-state index in [-0.39, 0.29) is 12.3 Å². The number of amides is 2. The number of para-hydroxylation sites is 1. The van der Waals surface area contributed by atoms with Crippen molar-refractivity contribution in [3.63, 3.8) is 0 Å². The molecule has 2 amide bonds. The summed E-state index contributed by atoms with van der Waals surface area (Å²) in [5.41, 5.74) is 7.00. The van der Waals surface area contributed by atoms with Crippen LogP contribution in [0.3, 0.4) is 0 Å². The number of carbonyl (C=O) groups is 3. The van der Waals surface area contributed by atoms with Gasteiger partial charge >= 0.3 is 12.1 Å². The van der Waals surface area contributed by atoms with E-state index in [0.717, 1.165) is 16.5 Å². The number of primary amides is 1. The molecule has 1 saturated heterocycles. The van der Waals surface area contributed by atoms with Crippen LogP contribution in [0.4, 0.5) is 4.79 Å². The first-order valence-electron chi connectivity index (χ1n) is 12.7. The highest BCUT2D eigenvalue weighted by Gasteiger charge is 2.50. The average molecular weight is 522 g/mol. The molecule has 0 aliphatic carbocycles. The van der Waals surface area contributed by atoms with E-state index in [1.165, 1.54) is 4.90 Å². The summed E-state index contributed by atoms with van der Waals surface area (Å²) in [4.78, 5) is 41.3. The molecule has 0 radical (unpaired) electrons. The van der Waals surface area contributed by atoms with Gasteiger partial charge in [0.05, 0.1) is 12.1 Å². The van der Waals surface area contributed by atoms with Gasteiger partial charge in [-0.15, -0.1) is 0 Å². The van der Waals surface area contributed by atoms with Crippen LogP contribution < -0.4 is 5.73 Å². The van der Waals surface area contributed by atoms with E-state index in [1.54, 1.807) is 38.5 Å².